The molecule has 0 amide bonds. The highest BCUT2D eigenvalue weighted by Crippen LogP contribution is 2.41. The maximum Gasteiger partial charge on any atom is 0.0616 e. The zero-order chi connectivity index (χ0) is 14.9. The molecular weight excluding hydrogens is 260 g/mol. The molecule has 1 heterocycles. The lowest BCUT2D eigenvalue weighted by molar-refractivity contribution is 0.102. The molecule has 0 aromatic carbocycles. The highest BCUT2D eigenvalue weighted by atomic mass is 16.3. The Morgan fingerprint density at radius 3 is 2.67 bits per heavy atom. The quantitative estimate of drug-likeness (QED) is 0.758. The van der Waals surface area contributed by atoms with Crippen molar-refractivity contribution in [1.82, 2.24) is 10.2 Å². The number of hydrogen-bond donors (Lipinski definition) is 2. The molecule has 0 aromatic rings. The maximum absolute atomic E-state index is 10.0. The standard InChI is InChI=1S/C18H34N2O/c1-3-17-9-6-14(2)20(17)12-10-15-5-4-11-18(15,13-21)19-16-7-8-16/h14-17,19,21H,3-13H2,1-2H3. The lowest BCUT2D eigenvalue weighted by atomic mass is 9.84. The van der Waals surface area contributed by atoms with Gasteiger partial charge in [0.05, 0.1) is 6.61 Å². The minimum Gasteiger partial charge on any atom is -0.394 e. The number of nitrogens with zero attached hydrogens (tertiary/aromatic N) is 1. The van der Waals surface area contributed by atoms with Crippen molar-refractivity contribution in [2.75, 3.05) is 13.2 Å². The van der Waals surface area contributed by atoms with Gasteiger partial charge in [-0.15, -0.1) is 0 Å². The average Bonchev–Trinajstić information content (AvgIpc) is 3.10. The average molecular weight is 294 g/mol. The van der Waals surface area contributed by atoms with Gasteiger partial charge in [0.25, 0.3) is 0 Å². The Kier molecular flexibility index (Phi) is 4.92. The van der Waals surface area contributed by atoms with E-state index in [1.54, 1.807) is 0 Å². The molecule has 4 unspecified atom stereocenters. The number of likely N-dealkylation sites (tertiary alicyclic amines) is 1. The van der Waals surface area contributed by atoms with Gasteiger partial charge in [-0.1, -0.05) is 13.3 Å². The molecule has 2 saturated carbocycles. The summed E-state index contributed by atoms with van der Waals surface area (Å²) in [5.74, 6) is 0.674. The molecular formula is C18H34N2O. The third kappa shape index (κ3) is 3.30. The Morgan fingerprint density at radius 2 is 2.00 bits per heavy atom. The minimum atomic E-state index is 0.0475. The van der Waals surface area contributed by atoms with Crippen LogP contribution in [0.4, 0.5) is 0 Å². The van der Waals surface area contributed by atoms with Gasteiger partial charge in [-0.05, 0) is 70.8 Å². The molecule has 0 spiro atoms. The minimum absolute atomic E-state index is 0.0475. The van der Waals surface area contributed by atoms with E-state index >= 15 is 0 Å². The Hall–Kier alpha value is -0.120. The number of nitrogens with one attached hydrogen (secondary N) is 1. The number of aliphatic hydroxyl groups is 1. The van der Waals surface area contributed by atoms with E-state index in [9.17, 15) is 5.11 Å². The molecule has 3 heteroatoms. The van der Waals surface area contributed by atoms with E-state index in [1.165, 1.54) is 64.3 Å². The van der Waals surface area contributed by atoms with Crippen LogP contribution < -0.4 is 5.32 Å². The zero-order valence-electron chi connectivity index (χ0n) is 14.0. The van der Waals surface area contributed by atoms with Gasteiger partial charge >= 0.3 is 0 Å². The van der Waals surface area contributed by atoms with Crippen LogP contribution in [0.3, 0.4) is 0 Å². The van der Waals surface area contributed by atoms with Crippen LogP contribution in [0.1, 0.15) is 71.6 Å². The second kappa shape index (κ2) is 6.55. The molecule has 3 nitrogen and oxygen atoms in total. The summed E-state index contributed by atoms with van der Waals surface area (Å²) < 4.78 is 0. The summed E-state index contributed by atoms with van der Waals surface area (Å²) in [6.45, 7) is 6.29. The molecule has 4 atom stereocenters. The summed E-state index contributed by atoms with van der Waals surface area (Å²) in [5.41, 5.74) is 0.0475. The molecule has 0 aromatic heterocycles. The van der Waals surface area contributed by atoms with Crippen molar-refractivity contribution in [1.29, 1.82) is 0 Å². The molecule has 3 aliphatic rings. The lowest BCUT2D eigenvalue weighted by Gasteiger charge is -2.37. The van der Waals surface area contributed by atoms with Gasteiger partial charge in [0.2, 0.25) is 0 Å². The number of aliphatic hydroxyl groups excluding tert-OH is 1. The molecule has 21 heavy (non-hydrogen) atoms. The van der Waals surface area contributed by atoms with Gasteiger partial charge in [0.1, 0.15) is 0 Å². The molecule has 3 rings (SSSR count). The largest absolute Gasteiger partial charge is 0.394 e. The number of rotatable bonds is 7. The van der Waals surface area contributed by atoms with Crippen LogP contribution >= 0.6 is 0 Å². The van der Waals surface area contributed by atoms with E-state index in [0.717, 1.165) is 12.1 Å². The fourth-order valence-electron chi connectivity index (χ4n) is 4.91. The fourth-order valence-corrected chi connectivity index (χ4v) is 4.91. The Balaban J connectivity index is 1.57. The lowest BCUT2D eigenvalue weighted by Crippen LogP contribution is -2.53. The van der Waals surface area contributed by atoms with Crippen molar-refractivity contribution in [2.24, 2.45) is 5.92 Å². The second-order valence-corrected chi connectivity index (χ2v) is 7.84. The van der Waals surface area contributed by atoms with E-state index in [4.69, 9.17) is 0 Å². The van der Waals surface area contributed by atoms with Gasteiger partial charge in [-0.2, -0.15) is 0 Å². The summed E-state index contributed by atoms with van der Waals surface area (Å²) in [6, 6.07) is 2.27. The van der Waals surface area contributed by atoms with Gasteiger partial charge in [0.15, 0.2) is 0 Å². The first-order chi connectivity index (χ1) is 10.2. The van der Waals surface area contributed by atoms with E-state index in [1.807, 2.05) is 0 Å². The van der Waals surface area contributed by atoms with Crippen LogP contribution in [0.5, 0.6) is 0 Å². The SMILES string of the molecule is CCC1CCC(C)N1CCC1CCCC1(CO)NC1CC1. The Morgan fingerprint density at radius 1 is 1.19 bits per heavy atom. The monoisotopic (exact) mass is 294 g/mol. The summed E-state index contributed by atoms with van der Waals surface area (Å²) in [6.07, 6.45) is 11.7. The summed E-state index contributed by atoms with van der Waals surface area (Å²) >= 11 is 0. The Labute approximate surface area is 130 Å². The van der Waals surface area contributed by atoms with Gasteiger partial charge < -0.3 is 10.4 Å². The molecule has 1 saturated heterocycles. The van der Waals surface area contributed by atoms with E-state index in [0.29, 0.717) is 18.6 Å². The van der Waals surface area contributed by atoms with E-state index < -0.39 is 0 Å². The highest BCUT2D eigenvalue weighted by Gasteiger charge is 2.45. The third-order valence-corrected chi connectivity index (χ3v) is 6.47. The maximum atomic E-state index is 10.0. The van der Waals surface area contributed by atoms with Crippen LogP contribution in [0.15, 0.2) is 0 Å². The van der Waals surface area contributed by atoms with Crippen molar-refractivity contribution in [3.8, 4) is 0 Å². The molecule has 122 valence electrons. The normalized spacial score (nSPS) is 41.0. The van der Waals surface area contributed by atoms with Crippen LogP contribution in [-0.2, 0) is 0 Å². The third-order valence-electron chi connectivity index (χ3n) is 6.47. The Bertz CT molecular complexity index is 344. The highest BCUT2D eigenvalue weighted by molar-refractivity contribution is 5.03. The van der Waals surface area contributed by atoms with Gasteiger partial charge in [-0.3, -0.25) is 4.90 Å². The summed E-state index contributed by atoms with van der Waals surface area (Å²) in [7, 11) is 0. The molecule has 0 bridgehead atoms. The summed E-state index contributed by atoms with van der Waals surface area (Å²) in [4.78, 5) is 2.75. The van der Waals surface area contributed by atoms with Crippen molar-refractivity contribution in [2.45, 2.75) is 95.3 Å². The zero-order valence-corrected chi connectivity index (χ0v) is 14.0. The van der Waals surface area contributed by atoms with Crippen LogP contribution in [0, 0.1) is 5.92 Å². The van der Waals surface area contributed by atoms with E-state index in [-0.39, 0.29) is 5.54 Å². The van der Waals surface area contributed by atoms with E-state index in [2.05, 4.69) is 24.1 Å². The first-order valence-electron chi connectivity index (χ1n) is 9.33. The van der Waals surface area contributed by atoms with Crippen molar-refractivity contribution in [3.63, 3.8) is 0 Å². The van der Waals surface area contributed by atoms with Crippen LogP contribution in [-0.4, -0.2) is 46.8 Å². The van der Waals surface area contributed by atoms with Crippen molar-refractivity contribution < 1.29 is 5.11 Å². The predicted octanol–water partition coefficient (Wildman–Crippen LogP) is 2.92. The van der Waals surface area contributed by atoms with Gasteiger partial charge in [-0.25, -0.2) is 0 Å². The fraction of sp³-hybridized carbons (Fsp3) is 1.00. The van der Waals surface area contributed by atoms with Crippen molar-refractivity contribution in [3.05, 3.63) is 0 Å². The molecule has 2 aliphatic carbocycles. The van der Waals surface area contributed by atoms with Gasteiger partial charge in [0, 0.05) is 23.7 Å². The topological polar surface area (TPSA) is 35.5 Å². The molecule has 3 fully saturated rings. The first-order valence-corrected chi connectivity index (χ1v) is 9.33. The molecule has 0 radical (unpaired) electrons. The molecule has 2 N–H and O–H groups in total. The predicted molar refractivity (Wildman–Crippen MR) is 87.4 cm³/mol. The van der Waals surface area contributed by atoms with Crippen LogP contribution in [0.25, 0.3) is 0 Å². The number of hydrogen-bond acceptors (Lipinski definition) is 3. The van der Waals surface area contributed by atoms with Crippen molar-refractivity contribution >= 4 is 0 Å². The smallest absolute Gasteiger partial charge is 0.0616 e. The van der Waals surface area contributed by atoms with Crippen LogP contribution in [0.2, 0.25) is 0 Å². The first kappa shape index (κ1) is 15.8. The second-order valence-electron chi connectivity index (χ2n) is 7.84. The summed E-state index contributed by atoms with van der Waals surface area (Å²) in [5, 5.41) is 13.8. The molecule has 1 aliphatic heterocycles.